The van der Waals surface area contributed by atoms with Crippen molar-refractivity contribution in [1.82, 2.24) is 0 Å². The van der Waals surface area contributed by atoms with Crippen LogP contribution in [0.1, 0.15) is 40.7 Å². The van der Waals surface area contributed by atoms with Gasteiger partial charge in [0, 0.05) is 12.5 Å². The lowest BCUT2D eigenvalue weighted by atomic mass is 9.91. The van der Waals surface area contributed by atoms with Gasteiger partial charge in [-0.2, -0.15) is 0 Å². The Labute approximate surface area is 128 Å². The van der Waals surface area contributed by atoms with E-state index in [2.05, 4.69) is 0 Å². The molecule has 22 heavy (non-hydrogen) atoms. The van der Waals surface area contributed by atoms with Crippen molar-refractivity contribution in [3.05, 3.63) is 47.0 Å². The highest BCUT2D eigenvalue weighted by Gasteiger charge is 2.19. The van der Waals surface area contributed by atoms with Gasteiger partial charge in [-0.3, -0.25) is 4.79 Å². The predicted molar refractivity (Wildman–Crippen MR) is 81.6 cm³/mol. The summed E-state index contributed by atoms with van der Waals surface area (Å²) < 4.78 is 0. The number of phenolic OH excluding ortho intramolecular Hbond substituents is 4. The monoisotopic (exact) mass is 302 g/mol. The lowest BCUT2D eigenvalue weighted by Crippen LogP contribution is -2.07. The summed E-state index contributed by atoms with van der Waals surface area (Å²) in [4.78, 5) is 12.4. The van der Waals surface area contributed by atoms with Gasteiger partial charge in [-0.05, 0) is 42.2 Å². The van der Waals surface area contributed by atoms with E-state index in [0.29, 0.717) is 11.1 Å². The zero-order valence-electron chi connectivity index (χ0n) is 12.4. The second kappa shape index (κ2) is 5.97. The number of aromatic hydroxyl groups is 4. The second-order valence-electron chi connectivity index (χ2n) is 5.43. The topological polar surface area (TPSA) is 98.0 Å². The van der Waals surface area contributed by atoms with Gasteiger partial charge in [0.15, 0.2) is 17.3 Å². The van der Waals surface area contributed by atoms with Crippen LogP contribution in [-0.2, 0) is 0 Å². The SMILES string of the molecule is Cc1cc(O)cc(O)c1C(=O)CC(C)c1ccc(O)c(O)c1. The fraction of sp³-hybridized carbons (Fsp3) is 0.235. The number of carbonyl (C=O) groups excluding carboxylic acids is 1. The van der Waals surface area contributed by atoms with E-state index in [-0.39, 0.29) is 46.7 Å². The molecule has 4 N–H and O–H groups in total. The van der Waals surface area contributed by atoms with Crippen molar-refractivity contribution in [3.8, 4) is 23.0 Å². The summed E-state index contributed by atoms with van der Waals surface area (Å²) in [5, 5.41) is 38.1. The highest BCUT2D eigenvalue weighted by Crippen LogP contribution is 2.33. The Morgan fingerprint density at radius 1 is 1.00 bits per heavy atom. The van der Waals surface area contributed by atoms with Crippen molar-refractivity contribution < 1.29 is 25.2 Å². The van der Waals surface area contributed by atoms with E-state index in [9.17, 15) is 25.2 Å². The summed E-state index contributed by atoms with van der Waals surface area (Å²) in [5.41, 5.74) is 1.40. The van der Waals surface area contributed by atoms with Gasteiger partial charge in [0.05, 0.1) is 5.56 Å². The summed E-state index contributed by atoms with van der Waals surface area (Å²) in [6.45, 7) is 3.46. The van der Waals surface area contributed by atoms with Crippen molar-refractivity contribution in [2.24, 2.45) is 0 Å². The molecule has 116 valence electrons. The largest absolute Gasteiger partial charge is 0.508 e. The number of benzene rings is 2. The summed E-state index contributed by atoms with van der Waals surface area (Å²) in [6, 6.07) is 6.98. The zero-order valence-corrected chi connectivity index (χ0v) is 12.4. The third kappa shape index (κ3) is 3.14. The summed E-state index contributed by atoms with van der Waals surface area (Å²) >= 11 is 0. The van der Waals surface area contributed by atoms with Crippen LogP contribution in [0.3, 0.4) is 0 Å². The van der Waals surface area contributed by atoms with Crippen LogP contribution in [0.25, 0.3) is 0 Å². The van der Waals surface area contributed by atoms with E-state index in [1.807, 2.05) is 6.92 Å². The molecule has 0 saturated heterocycles. The number of hydrogen-bond acceptors (Lipinski definition) is 5. The molecule has 0 bridgehead atoms. The maximum Gasteiger partial charge on any atom is 0.167 e. The van der Waals surface area contributed by atoms with E-state index in [4.69, 9.17) is 0 Å². The van der Waals surface area contributed by atoms with E-state index < -0.39 is 0 Å². The number of rotatable bonds is 4. The Morgan fingerprint density at radius 2 is 1.68 bits per heavy atom. The van der Waals surface area contributed by atoms with Crippen LogP contribution in [0.4, 0.5) is 0 Å². The van der Waals surface area contributed by atoms with Crippen LogP contribution in [-0.4, -0.2) is 26.2 Å². The maximum absolute atomic E-state index is 12.4. The van der Waals surface area contributed by atoms with Crippen molar-refractivity contribution >= 4 is 5.78 Å². The minimum Gasteiger partial charge on any atom is -0.508 e. The van der Waals surface area contributed by atoms with E-state index >= 15 is 0 Å². The zero-order chi connectivity index (χ0) is 16.4. The van der Waals surface area contributed by atoms with Crippen LogP contribution in [0, 0.1) is 6.92 Å². The Balaban J connectivity index is 2.23. The Morgan fingerprint density at radius 3 is 2.27 bits per heavy atom. The third-order valence-electron chi connectivity index (χ3n) is 3.64. The smallest absolute Gasteiger partial charge is 0.167 e. The molecule has 0 radical (unpaired) electrons. The molecule has 1 unspecified atom stereocenters. The van der Waals surface area contributed by atoms with Gasteiger partial charge in [-0.1, -0.05) is 13.0 Å². The van der Waals surface area contributed by atoms with Crippen LogP contribution in [0.5, 0.6) is 23.0 Å². The highest BCUT2D eigenvalue weighted by atomic mass is 16.3. The first-order valence-corrected chi connectivity index (χ1v) is 6.87. The Hall–Kier alpha value is -2.69. The van der Waals surface area contributed by atoms with Gasteiger partial charge in [-0.15, -0.1) is 0 Å². The summed E-state index contributed by atoms with van der Waals surface area (Å²) in [5.74, 6) is -1.25. The van der Waals surface area contributed by atoms with Gasteiger partial charge < -0.3 is 20.4 Å². The predicted octanol–water partition coefficient (Wildman–Crippen LogP) is 3.19. The molecule has 2 aromatic carbocycles. The molecule has 0 aliphatic heterocycles. The van der Waals surface area contributed by atoms with Crippen molar-refractivity contribution in [3.63, 3.8) is 0 Å². The quantitative estimate of drug-likeness (QED) is 0.513. The second-order valence-corrected chi connectivity index (χ2v) is 5.43. The number of ketones is 1. The molecule has 0 amide bonds. The average molecular weight is 302 g/mol. The van der Waals surface area contributed by atoms with E-state index in [0.717, 1.165) is 6.07 Å². The number of phenols is 4. The van der Waals surface area contributed by atoms with Gasteiger partial charge in [-0.25, -0.2) is 0 Å². The van der Waals surface area contributed by atoms with Gasteiger partial charge in [0.25, 0.3) is 0 Å². The van der Waals surface area contributed by atoms with E-state index in [1.54, 1.807) is 13.0 Å². The van der Waals surface area contributed by atoms with Crippen LogP contribution < -0.4 is 0 Å². The van der Waals surface area contributed by atoms with E-state index in [1.165, 1.54) is 18.2 Å². The average Bonchev–Trinajstić information content (AvgIpc) is 2.40. The van der Waals surface area contributed by atoms with Crippen LogP contribution in [0.2, 0.25) is 0 Å². The molecule has 5 heteroatoms. The Bertz CT molecular complexity index is 698. The molecule has 0 saturated carbocycles. The van der Waals surface area contributed by atoms with Crippen LogP contribution >= 0.6 is 0 Å². The van der Waals surface area contributed by atoms with Gasteiger partial charge >= 0.3 is 0 Å². The first-order valence-electron chi connectivity index (χ1n) is 6.87. The maximum atomic E-state index is 12.4. The molecule has 0 fully saturated rings. The summed E-state index contributed by atoms with van der Waals surface area (Å²) in [6.07, 6.45) is 0.128. The molecule has 0 aliphatic carbocycles. The fourth-order valence-corrected chi connectivity index (χ4v) is 2.46. The fourth-order valence-electron chi connectivity index (χ4n) is 2.46. The molecule has 0 heterocycles. The standard InChI is InChI=1S/C17H18O5/c1-9(11-3-4-13(19)14(20)7-11)6-15(21)17-10(2)5-12(18)8-16(17)22/h3-5,7-9,18-20,22H,6H2,1-2H3. The number of hydrogen-bond donors (Lipinski definition) is 4. The van der Waals surface area contributed by atoms with Gasteiger partial charge in [0.1, 0.15) is 11.5 Å². The molecule has 0 aromatic heterocycles. The van der Waals surface area contributed by atoms with Crippen molar-refractivity contribution in [2.75, 3.05) is 0 Å². The first kappa shape index (κ1) is 15.7. The lowest BCUT2D eigenvalue weighted by Gasteiger charge is -2.14. The normalized spacial score (nSPS) is 12.1. The molecule has 1 atom stereocenters. The van der Waals surface area contributed by atoms with Crippen molar-refractivity contribution in [1.29, 1.82) is 0 Å². The molecule has 0 aliphatic rings. The van der Waals surface area contributed by atoms with Gasteiger partial charge in [0.2, 0.25) is 0 Å². The Kier molecular flexibility index (Phi) is 4.26. The highest BCUT2D eigenvalue weighted by molar-refractivity contribution is 6.00. The molecule has 0 spiro atoms. The number of aryl methyl sites for hydroxylation is 1. The number of Topliss-reactive ketones (excluding diaryl/α,β-unsaturated/α-hetero) is 1. The molecule has 5 nitrogen and oxygen atoms in total. The third-order valence-corrected chi connectivity index (χ3v) is 3.64. The van der Waals surface area contributed by atoms with Crippen LogP contribution in [0.15, 0.2) is 30.3 Å². The summed E-state index contributed by atoms with van der Waals surface area (Å²) in [7, 11) is 0. The minimum absolute atomic E-state index is 0.0944. The van der Waals surface area contributed by atoms with Crippen molar-refractivity contribution in [2.45, 2.75) is 26.2 Å². The molecule has 2 aromatic rings. The minimum atomic E-state index is -0.255. The number of carbonyl (C=O) groups is 1. The first-order chi connectivity index (χ1) is 10.3. The lowest BCUT2D eigenvalue weighted by molar-refractivity contribution is 0.0972. The molecular formula is C17H18O5. The molecule has 2 rings (SSSR count). The molecular weight excluding hydrogens is 284 g/mol.